The number of hydrogen-bond donors (Lipinski definition) is 0. The van der Waals surface area contributed by atoms with Crippen LogP contribution in [0.2, 0.25) is 0 Å². The fourth-order valence-corrected chi connectivity index (χ4v) is 8.39. The van der Waals surface area contributed by atoms with E-state index >= 15 is 0 Å². The molecule has 74 heavy (non-hydrogen) atoms. The van der Waals surface area contributed by atoms with E-state index in [1.807, 2.05) is 0 Å². The molecule has 422 valence electrons. The average Bonchev–Trinajstić information content (AvgIpc) is 3.40. The van der Waals surface area contributed by atoms with Crippen LogP contribution in [0.4, 0.5) is 0 Å². The van der Waals surface area contributed by atoms with Gasteiger partial charge in [0.25, 0.3) is 0 Å². The van der Waals surface area contributed by atoms with Crippen LogP contribution in [0.5, 0.6) is 0 Å². The van der Waals surface area contributed by atoms with Gasteiger partial charge in [0.15, 0.2) is 6.10 Å². The van der Waals surface area contributed by atoms with Crippen molar-refractivity contribution >= 4 is 17.9 Å². The molecule has 0 aliphatic carbocycles. The first-order chi connectivity index (χ1) is 36.5. The van der Waals surface area contributed by atoms with Gasteiger partial charge in [-0.05, 0) is 109 Å². The molecule has 0 saturated carbocycles. The quantitative estimate of drug-likeness (QED) is 0.0261. The summed E-state index contributed by atoms with van der Waals surface area (Å²) < 4.78 is 16.9. The Morgan fingerprint density at radius 1 is 0.284 bits per heavy atom. The number of unbranched alkanes of at least 4 members (excludes halogenated alkanes) is 26. The normalized spacial score (nSPS) is 12.9. The Kier molecular flexibility index (Phi) is 58.3. The molecule has 0 bridgehead atoms. The van der Waals surface area contributed by atoms with Gasteiger partial charge in [-0.2, -0.15) is 0 Å². The molecule has 0 aliphatic heterocycles. The maximum atomic E-state index is 12.9. The van der Waals surface area contributed by atoms with Crippen LogP contribution in [0, 0.1) is 0 Å². The predicted molar refractivity (Wildman–Crippen MR) is 320 cm³/mol. The summed E-state index contributed by atoms with van der Waals surface area (Å²) in [5, 5.41) is 0. The molecule has 6 heteroatoms. The van der Waals surface area contributed by atoms with E-state index in [1.165, 1.54) is 96.3 Å². The van der Waals surface area contributed by atoms with E-state index in [1.54, 1.807) is 0 Å². The molecule has 0 aromatic rings. The molecule has 1 atom stereocenters. The van der Waals surface area contributed by atoms with Crippen molar-refractivity contribution in [1.82, 2.24) is 0 Å². The van der Waals surface area contributed by atoms with Crippen LogP contribution in [0.1, 0.15) is 284 Å². The Hall–Kier alpha value is -3.93. The van der Waals surface area contributed by atoms with Gasteiger partial charge in [-0.1, -0.05) is 265 Å². The van der Waals surface area contributed by atoms with E-state index in [9.17, 15) is 14.4 Å². The summed E-state index contributed by atoms with van der Waals surface area (Å²) in [6, 6.07) is 0. The lowest BCUT2D eigenvalue weighted by Crippen LogP contribution is -2.30. The number of esters is 3. The van der Waals surface area contributed by atoms with Crippen LogP contribution in [0.3, 0.4) is 0 Å². The van der Waals surface area contributed by atoms with Crippen LogP contribution in [0.25, 0.3) is 0 Å². The second kappa shape index (κ2) is 61.6. The highest BCUT2D eigenvalue weighted by Gasteiger charge is 2.19. The topological polar surface area (TPSA) is 78.9 Å². The third-order valence-electron chi connectivity index (χ3n) is 13.0. The van der Waals surface area contributed by atoms with Crippen molar-refractivity contribution in [1.29, 1.82) is 0 Å². The predicted octanol–water partition coefficient (Wildman–Crippen LogP) is 21.0. The zero-order valence-corrected chi connectivity index (χ0v) is 48.3. The minimum Gasteiger partial charge on any atom is -0.462 e. The molecular weight excluding hydrogens is 913 g/mol. The molecule has 0 aromatic heterocycles. The summed E-state index contributed by atoms with van der Waals surface area (Å²) in [7, 11) is 0. The molecule has 0 radical (unpaired) electrons. The maximum absolute atomic E-state index is 12.9. The van der Waals surface area contributed by atoms with Crippen molar-refractivity contribution in [3.8, 4) is 0 Å². The van der Waals surface area contributed by atoms with Crippen LogP contribution in [0.15, 0.2) is 109 Å². The molecule has 0 N–H and O–H groups in total. The highest BCUT2D eigenvalue weighted by atomic mass is 16.6. The second-order valence-electron chi connectivity index (χ2n) is 20.2. The van der Waals surface area contributed by atoms with Gasteiger partial charge in [-0.25, -0.2) is 0 Å². The minimum absolute atomic E-state index is 0.0889. The third-order valence-corrected chi connectivity index (χ3v) is 13.0. The SMILES string of the molecule is CC/C=C\C/C=C\C/C=C\C/C=C\C/C=C\C/C=C\C/C=C\CCCCCCCC(=O)OCC(COC(=O)CCCCCCCCCCCCCCC)OC(=O)CCCCCCC/C=C\C/C=C\CCCCCC. The highest BCUT2D eigenvalue weighted by Crippen LogP contribution is 2.15. The van der Waals surface area contributed by atoms with Gasteiger partial charge in [0, 0.05) is 19.3 Å². The summed E-state index contributed by atoms with van der Waals surface area (Å²) in [5.41, 5.74) is 0. The number of hydrogen-bond acceptors (Lipinski definition) is 6. The molecular formula is C68H114O6. The van der Waals surface area contributed by atoms with Gasteiger partial charge in [-0.15, -0.1) is 0 Å². The Labute approximate surface area is 457 Å². The smallest absolute Gasteiger partial charge is 0.306 e. The summed E-state index contributed by atoms with van der Waals surface area (Å²) in [6.45, 7) is 6.49. The van der Waals surface area contributed by atoms with Gasteiger partial charge in [0.05, 0.1) is 0 Å². The molecule has 0 heterocycles. The van der Waals surface area contributed by atoms with Gasteiger partial charge in [-0.3, -0.25) is 14.4 Å². The molecule has 0 aliphatic rings. The highest BCUT2D eigenvalue weighted by molar-refractivity contribution is 5.71. The fourth-order valence-electron chi connectivity index (χ4n) is 8.39. The molecule has 0 aromatic carbocycles. The first-order valence-electron chi connectivity index (χ1n) is 30.9. The maximum Gasteiger partial charge on any atom is 0.306 e. The van der Waals surface area contributed by atoms with Crippen LogP contribution in [-0.4, -0.2) is 37.2 Å². The van der Waals surface area contributed by atoms with Crippen molar-refractivity contribution < 1.29 is 28.6 Å². The molecule has 6 nitrogen and oxygen atoms in total. The van der Waals surface area contributed by atoms with Crippen molar-refractivity contribution in [2.45, 2.75) is 290 Å². The number of carbonyl (C=O) groups is 3. The largest absolute Gasteiger partial charge is 0.462 e. The van der Waals surface area contributed by atoms with Crippen LogP contribution in [-0.2, 0) is 28.6 Å². The first kappa shape index (κ1) is 70.1. The Morgan fingerprint density at radius 2 is 0.527 bits per heavy atom. The first-order valence-corrected chi connectivity index (χ1v) is 30.9. The monoisotopic (exact) mass is 1030 g/mol. The summed E-state index contributed by atoms with van der Waals surface area (Å²) in [6.07, 6.45) is 83.7. The Bertz CT molecular complexity index is 1510. The lowest BCUT2D eigenvalue weighted by atomic mass is 10.0. The van der Waals surface area contributed by atoms with Crippen LogP contribution < -0.4 is 0 Å². The van der Waals surface area contributed by atoms with Crippen molar-refractivity contribution in [3.63, 3.8) is 0 Å². The van der Waals surface area contributed by atoms with Gasteiger partial charge in [0.1, 0.15) is 13.2 Å². The molecule has 0 rings (SSSR count). The molecule has 0 spiro atoms. The van der Waals surface area contributed by atoms with E-state index in [-0.39, 0.29) is 31.1 Å². The van der Waals surface area contributed by atoms with Crippen molar-refractivity contribution in [2.75, 3.05) is 13.2 Å². The lowest BCUT2D eigenvalue weighted by molar-refractivity contribution is -0.167. The molecule has 0 saturated heterocycles. The number of rotatable bonds is 55. The van der Waals surface area contributed by atoms with Crippen molar-refractivity contribution in [2.24, 2.45) is 0 Å². The average molecular weight is 1030 g/mol. The standard InChI is InChI=1S/C68H114O6/c1-4-7-10-13-16-19-22-25-27-29-30-31-32-33-34-35-36-37-38-39-41-43-46-49-52-55-58-61-67(70)73-64-65(63-72-66(69)60-57-54-51-48-45-42-24-21-18-15-12-9-6-3)74-68(71)62-59-56-53-50-47-44-40-28-26-23-20-17-14-11-8-5-2/h7,10,16,19-20,23,25,27-28,30-31,33-34,36-37,39-41,65H,4-6,8-9,11-15,17-18,21-22,24,26,29,32,35,38,42-64H2,1-3H3/b10-7-,19-16-,23-20-,27-25-,31-30-,34-33-,37-36-,40-28-,41-39-. The number of ether oxygens (including phenoxy) is 3. The Morgan fingerprint density at radius 3 is 0.838 bits per heavy atom. The molecule has 1 unspecified atom stereocenters. The number of carbonyl (C=O) groups excluding carboxylic acids is 3. The fraction of sp³-hybridized carbons (Fsp3) is 0.691. The lowest BCUT2D eigenvalue weighted by Gasteiger charge is -2.18. The van der Waals surface area contributed by atoms with E-state index in [0.717, 1.165) is 148 Å². The third kappa shape index (κ3) is 59.0. The summed E-state index contributed by atoms with van der Waals surface area (Å²) in [5.74, 6) is -0.917. The van der Waals surface area contributed by atoms with E-state index in [0.29, 0.717) is 19.3 Å². The summed E-state index contributed by atoms with van der Waals surface area (Å²) >= 11 is 0. The molecule has 0 amide bonds. The van der Waals surface area contributed by atoms with E-state index < -0.39 is 6.10 Å². The Balaban J connectivity index is 4.38. The van der Waals surface area contributed by atoms with Gasteiger partial charge < -0.3 is 14.2 Å². The number of allylic oxidation sites excluding steroid dienone is 18. The van der Waals surface area contributed by atoms with E-state index in [2.05, 4.69) is 130 Å². The minimum atomic E-state index is -0.794. The zero-order chi connectivity index (χ0) is 53.6. The van der Waals surface area contributed by atoms with Gasteiger partial charge >= 0.3 is 17.9 Å². The second-order valence-corrected chi connectivity index (χ2v) is 20.2. The zero-order valence-electron chi connectivity index (χ0n) is 48.3. The van der Waals surface area contributed by atoms with Crippen LogP contribution >= 0.6 is 0 Å². The van der Waals surface area contributed by atoms with Crippen molar-refractivity contribution in [3.05, 3.63) is 109 Å². The molecule has 0 fully saturated rings. The van der Waals surface area contributed by atoms with Gasteiger partial charge in [0.2, 0.25) is 0 Å². The van der Waals surface area contributed by atoms with E-state index in [4.69, 9.17) is 14.2 Å². The summed E-state index contributed by atoms with van der Waals surface area (Å²) in [4.78, 5) is 38.2.